The van der Waals surface area contributed by atoms with Crippen molar-refractivity contribution in [2.24, 2.45) is 0 Å². The van der Waals surface area contributed by atoms with Gasteiger partial charge in [-0.3, -0.25) is 0 Å². The smallest absolute Gasteiger partial charge is 0.335 e. The van der Waals surface area contributed by atoms with E-state index in [-0.39, 0.29) is 22.3 Å². The Morgan fingerprint density at radius 2 is 1.15 bits per heavy atom. The summed E-state index contributed by atoms with van der Waals surface area (Å²) >= 11 is 0. The molecule has 0 unspecified atom stereocenters. The van der Waals surface area contributed by atoms with Crippen molar-refractivity contribution in [3.8, 4) is 0 Å². The fourth-order valence-corrected chi connectivity index (χ4v) is 1.97. The topological polar surface area (TPSA) is 74.6 Å². The highest BCUT2D eigenvalue weighted by Gasteiger charge is 2.18. The number of carboxylic acids is 2. The van der Waals surface area contributed by atoms with E-state index >= 15 is 0 Å². The summed E-state index contributed by atoms with van der Waals surface area (Å²) in [6.45, 7) is 7.00. The van der Waals surface area contributed by atoms with Crippen LogP contribution in [0.4, 0.5) is 0 Å². The van der Waals surface area contributed by atoms with Gasteiger partial charge < -0.3 is 10.2 Å². The molecule has 0 saturated carbocycles. The first-order valence-electron chi connectivity index (χ1n) is 5.79. The fraction of sp³-hybridized carbons (Fsp3) is 0. The lowest BCUT2D eigenvalue weighted by molar-refractivity contribution is -0.131. The van der Waals surface area contributed by atoms with Gasteiger partial charge in [-0.15, -0.1) is 0 Å². The van der Waals surface area contributed by atoms with Gasteiger partial charge in [-0.2, -0.15) is 0 Å². The van der Waals surface area contributed by atoms with Crippen molar-refractivity contribution in [2.75, 3.05) is 0 Å². The van der Waals surface area contributed by atoms with Crippen molar-refractivity contribution in [3.63, 3.8) is 0 Å². The molecule has 0 heterocycles. The Kier molecular flexibility index (Phi) is 3.39. The third-order valence-electron chi connectivity index (χ3n) is 3.05. The molecule has 0 fully saturated rings. The van der Waals surface area contributed by atoms with Crippen LogP contribution in [0.2, 0.25) is 0 Å². The number of carboxylic acid groups (broad SMARTS) is 2. The average molecular weight is 268 g/mol. The van der Waals surface area contributed by atoms with Crippen LogP contribution in [0.1, 0.15) is 11.1 Å². The van der Waals surface area contributed by atoms with Crippen LogP contribution >= 0.6 is 0 Å². The summed E-state index contributed by atoms with van der Waals surface area (Å²) in [5, 5.41) is 19.8. The third kappa shape index (κ3) is 2.31. The second kappa shape index (κ2) is 5.01. The van der Waals surface area contributed by atoms with Gasteiger partial charge in [0.1, 0.15) is 0 Å². The van der Waals surface area contributed by atoms with Crippen LogP contribution in [-0.4, -0.2) is 22.2 Å². The molecule has 0 amide bonds. The maximum Gasteiger partial charge on any atom is 0.335 e. The van der Waals surface area contributed by atoms with Gasteiger partial charge in [0.2, 0.25) is 0 Å². The van der Waals surface area contributed by atoms with Gasteiger partial charge in [-0.1, -0.05) is 37.4 Å². The van der Waals surface area contributed by atoms with Crippen molar-refractivity contribution in [2.45, 2.75) is 0 Å². The Hall–Kier alpha value is -2.88. The molecule has 0 aliphatic carbocycles. The van der Waals surface area contributed by atoms with E-state index in [1.54, 1.807) is 12.1 Å². The summed E-state index contributed by atoms with van der Waals surface area (Å²) in [5.74, 6) is -2.39. The number of hydrogen-bond acceptors (Lipinski definition) is 2. The molecule has 0 bridgehead atoms. The summed E-state index contributed by atoms with van der Waals surface area (Å²) in [4.78, 5) is 22.2. The summed E-state index contributed by atoms with van der Waals surface area (Å²) in [5.41, 5.74) is 0.216. The summed E-state index contributed by atoms with van der Waals surface area (Å²) < 4.78 is 0. The highest BCUT2D eigenvalue weighted by molar-refractivity contribution is 6.22. The van der Waals surface area contributed by atoms with Gasteiger partial charge in [-0.05, 0) is 34.0 Å². The molecule has 0 aromatic heterocycles. The first-order valence-corrected chi connectivity index (χ1v) is 5.79. The molecule has 2 aromatic rings. The lowest BCUT2D eigenvalue weighted by atomic mass is 9.92. The van der Waals surface area contributed by atoms with Crippen LogP contribution in [0, 0.1) is 0 Å². The predicted octanol–water partition coefficient (Wildman–Crippen LogP) is 3.04. The fourth-order valence-electron chi connectivity index (χ4n) is 1.97. The molecule has 0 radical (unpaired) electrons. The van der Waals surface area contributed by atoms with Crippen molar-refractivity contribution in [1.29, 1.82) is 0 Å². The Morgan fingerprint density at radius 1 is 0.800 bits per heavy atom. The van der Waals surface area contributed by atoms with E-state index in [2.05, 4.69) is 13.2 Å². The van der Waals surface area contributed by atoms with Crippen molar-refractivity contribution in [1.82, 2.24) is 0 Å². The van der Waals surface area contributed by atoms with Gasteiger partial charge in [0.25, 0.3) is 0 Å². The molecule has 0 aliphatic rings. The van der Waals surface area contributed by atoms with Gasteiger partial charge >= 0.3 is 11.9 Å². The minimum atomic E-state index is -1.19. The van der Waals surface area contributed by atoms with E-state index in [1.807, 2.05) is 24.3 Å². The Balaban J connectivity index is 2.77. The minimum Gasteiger partial charge on any atom is -0.478 e. The molecule has 20 heavy (non-hydrogen) atoms. The first kappa shape index (κ1) is 13.5. The standard InChI is InChI=1S/C16H12O4/c1-9(15(17)18)13-7-11-5-3-4-6-12(11)8-14(13)10(2)16(19)20/h3-8H,1-2H2,(H,17,18)(H,19,20). The lowest BCUT2D eigenvalue weighted by Gasteiger charge is -2.11. The number of benzene rings is 2. The van der Waals surface area contributed by atoms with E-state index in [1.165, 1.54) is 0 Å². The number of fused-ring (bicyclic) bond motifs is 1. The quantitative estimate of drug-likeness (QED) is 0.836. The van der Waals surface area contributed by atoms with Crippen molar-refractivity contribution >= 4 is 33.9 Å². The molecule has 0 spiro atoms. The molecule has 2 rings (SSSR count). The predicted molar refractivity (Wildman–Crippen MR) is 77.3 cm³/mol. The lowest BCUT2D eigenvalue weighted by Crippen LogP contribution is -2.05. The second-order valence-corrected chi connectivity index (χ2v) is 4.31. The first-order chi connectivity index (χ1) is 9.41. The van der Waals surface area contributed by atoms with Crippen LogP contribution in [0.3, 0.4) is 0 Å². The molecular formula is C16H12O4. The van der Waals surface area contributed by atoms with E-state index in [9.17, 15) is 9.59 Å². The van der Waals surface area contributed by atoms with Crippen LogP contribution in [0.5, 0.6) is 0 Å². The molecule has 2 N–H and O–H groups in total. The molecule has 0 aliphatic heterocycles. The highest BCUT2D eigenvalue weighted by Crippen LogP contribution is 2.29. The van der Waals surface area contributed by atoms with Crippen LogP contribution in [0.25, 0.3) is 21.9 Å². The largest absolute Gasteiger partial charge is 0.478 e. The van der Waals surface area contributed by atoms with Crippen LogP contribution in [-0.2, 0) is 9.59 Å². The zero-order valence-corrected chi connectivity index (χ0v) is 10.6. The van der Waals surface area contributed by atoms with Crippen molar-refractivity contribution < 1.29 is 19.8 Å². The van der Waals surface area contributed by atoms with E-state index in [0.717, 1.165) is 10.8 Å². The van der Waals surface area contributed by atoms with Gasteiger partial charge in [-0.25, -0.2) is 9.59 Å². The summed E-state index contributed by atoms with van der Waals surface area (Å²) in [6, 6.07) is 10.5. The summed E-state index contributed by atoms with van der Waals surface area (Å²) in [6.07, 6.45) is 0. The van der Waals surface area contributed by atoms with Gasteiger partial charge in [0, 0.05) is 0 Å². The highest BCUT2D eigenvalue weighted by atomic mass is 16.4. The van der Waals surface area contributed by atoms with Gasteiger partial charge in [0.15, 0.2) is 0 Å². The number of carbonyl (C=O) groups is 2. The monoisotopic (exact) mass is 268 g/mol. The minimum absolute atomic E-state index is 0.159. The maximum absolute atomic E-state index is 11.1. The normalized spacial score (nSPS) is 10.2. The number of aliphatic carboxylic acids is 2. The Morgan fingerprint density at radius 3 is 1.45 bits per heavy atom. The zero-order chi connectivity index (χ0) is 14.9. The molecule has 0 atom stereocenters. The SMILES string of the molecule is C=C(C(=O)O)c1cc2ccccc2cc1C(=C)C(=O)O. The molecule has 4 heteroatoms. The van der Waals surface area contributed by atoms with Crippen LogP contribution in [0.15, 0.2) is 49.6 Å². The molecule has 4 nitrogen and oxygen atoms in total. The molecular weight excluding hydrogens is 256 g/mol. The third-order valence-corrected chi connectivity index (χ3v) is 3.05. The Labute approximate surface area is 115 Å². The second-order valence-electron chi connectivity index (χ2n) is 4.31. The van der Waals surface area contributed by atoms with Crippen molar-refractivity contribution in [3.05, 3.63) is 60.7 Å². The number of rotatable bonds is 4. The summed E-state index contributed by atoms with van der Waals surface area (Å²) in [7, 11) is 0. The van der Waals surface area contributed by atoms with Gasteiger partial charge in [0.05, 0.1) is 11.1 Å². The van der Waals surface area contributed by atoms with E-state index < -0.39 is 11.9 Å². The number of hydrogen-bond donors (Lipinski definition) is 2. The Bertz CT molecular complexity index is 692. The molecule has 0 saturated heterocycles. The zero-order valence-electron chi connectivity index (χ0n) is 10.6. The maximum atomic E-state index is 11.1. The van der Waals surface area contributed by atoms with E-state index in [0.29, 0.717) is 0 Å². The van der Waals surface area contributed by atoms with Crippen LogP contribution < -0.4 is 0 Å². The average Bonchev–Trinajstić information content (AvgIpc) is 2.44. The van der Waals surface area contributed by atoms with E-state index in [4.69, 9.17) is 10.2 Å². The molecule has 100 valence electrons. The molecule has 2 aromatic carbocycles.